The van der Waals surface area contributed by atoms with E-state index in [0.717, 1.165) is 26.1 Å². The van der Waals surface area contributed by atoms with E-state index in [4.69, 9.17) is 12.7 Å². The van der Waals surface area contributed by atoms with Gasteiger partial charge in [-0.05, 0) is 27.7 Å². The van der Waals surface area contributed by atoms with Gasteiger partial charge in [-0.25, -0.2) is 9.97 Å². The molecule has 0 saturated carbocycles. The van der Waals surface area contributed by atoms with Gasteiger partial charge in [0.25, 0.3) is 0 Å². The molecule has 2 aromatic rings. The highest BCUT2D eigenvalue weighted by Gasteiger charge is 2.20. The van der Waals surface area contributed by atoms with Crippen LogP contribution in [0.1, 0.15) is 31.2 Å². The molecule has 100 valence electrons. The van der Waals surface area contributed by atoms with Gasteiger partial charge >= 0.3 is 8.05 Å². The van der Waals surface area contributed by atoms with Crippen LogP contribution in [0.25, 0.3) is 11.3 Å². The molecule has 0 bridgehead atoms. The summed E-state index contributed by atoms with van der Waals surface area (Å²) in [6.07, 6.45) is 0. The highest BCUT2D eigenvalue weighted by Crippen LogP contribution is 2.34. The van der Waals surface area contributed by atoms with Gasteiger partial charge in [-0.15, -0.1) is 22.7 Å². The highest BCUT2D eigenvalue weighted by molar-refractivity contribution is 7.14. The number of hydrogen-bond donors (Lipinski definition) is 0. The van der Waals surface area contributed by atoms with Crippen LogP contribution in [-0.2, 0) is 4.65 Å². The lowest BCUT2D eigenvalue weighted by atomic mass is 10.2. The second kappa shape index (κ2) is 5.77. The van der Waals surface area contributed by atoms with Gasteiger partial charge in [0, 0.05) is 4.88 Å². The number of thiazole rings is 2. The third-order valence-corrected chi connectivity index (χ3v) is 4.97. The zero-order valence-corrected chi connectivity index (χ0v) is 13.3. The maximum atomic E-state index is 9.45. The molecule has 2 heterocycles. The second-order valence-corrected chi connectivity index (χ2v) is 6.65. The van der Waals surface area contributed by atoms with Crippen LogP contribution in [0.5, 0.6) is 0 Å². The van der Waals surface area contributed by atoms with E-state index in [0.29, 0.717) is 16.3 Å². The van der Waals surface area contributed by atoms with Crippen molar-refractivity contribution in [2.24, 2.45) is 0 Å². The Morgan fingerprint density at radius 3 is 2.25 bits per heavy atom. The molecule has 2 aromatic heterocycles. The Hall–Kier alpha value is -1.65. The largest absolute Gasteiger partial charge is 0.566 e. The molecule has 0 N–H and O–H groups in total. The summed E-state index contributed by atoms with van der Waals surface area (Å²) >= 11 is 2.90. The molecule has 0 saturated heterocycles. The van der Waals surface area contributed by atoms with E-state index in [9.17, 15) is 5.26 Å². The Balaban J connectivity index is 2.66. The van der Waals surface area contributed by atoms with Gasteiger partial charge < -0.3 is 4.65 Å². The summed E-state index contributed by atoms with van der Waals surface area (Å²) in [4.78, 5) is 10.6. The Kier molecular flexibility index (Phi) is 4.26. The lowest BCUT2D eigenvalue weighted by Crippen LogP contribution is -1.94. The minimum absolute atomic E-state index is 0.337. The van der Waals surface area contributed by atoms with E-state index in [1.807, 2.05) is 27.7 Å². The smallest absolute Gasteiger partial charge is 0.374 e. The zero-order chi connectivity index (χ0) is 14.9. The van der Waals surface area contributed by atoms with Crippen molar-refractivity contribution >= 4 is 42.1 Å². The number of nitriles is 1. The van der Waals surface area contributed by atoms with Gasteiger partial charge in [0.2, 0.25) is 0 Å². The molecular formula is C13H12BN3OS2. The van der Waals surface area contributed by atoms with E-state index in [1.165, 1.54) is 22.7 Å². The molecule has 0 amide bonds. The second-order valence-electron chi connectivity index (χ2n) is 4.24. The summed E-state index contributed by atoms with van der Waals surface area (Å²) in [5.41, 5.74) is 2.05. The third kappa shape index (κ3) is 2.62. The van der Waals surface area contributed by atoms with Crippen molar-refractivity contribution in [2.45, 2.75) is 27.7 Å². The zero-order valence-electron chi connectivity index (χ0n) is 11.6. The van der Waals surface area contributed by atoms with E-state index < -0.39 is 0 Å². The van der Waals surface area contributed by atoms with Crippen molar-refractivity contribution in [1.29, 1.82) is 5.26 Å². The lowest BCUT2D eigenvalue weighted by molar-refractivity contribution is 0.576. The van der Waals surface area contributed by atoms with Gasteiger partial charge in [-0.2, -0.15) is 5.26 Å². The van der Waals surface area contributed by atoms with Crippen LogP contribution in [0.3, 0.4) is 0 Å². The summed E-state index contributed by atoms with van der Waals surface area (Å²) in [7, 11) is 5.39. The quantitative estimate of drug-likeness (QED) is 0.496. The summed E-state index contributed by atoms with van der Waals surface area (Å²) in [6.45, 7) is 7.65. The number of aromatic nitrogens is 2. The number of rotatable bonds is 3. The Bertz CT molecular complexity index is 705. The van der Waals surface area contributed by atoms with Crippen LogP contribution >= 0.6 is 22.7 Å². The molecule has 0 unspecified atom stereocenters. The molecule has 0 aliphatic heterocycles. The highest BCUT2D eigenvalue weighted by atomic mass is 32.1. The van der Waals surface area contributed by atoms with E-state index in [-0.39, 0.29) is 0 Å². The standard InChI is InChI=1S/C13H12BN3OS2/c1-6-8(3)19-13(17-6)10(5-15)11(18-14)12-7(2)16-9(4)20-12/h1-4H3. The monoisotopic (exact) mass is 301 g/mol. The molecule has 0 atom stereocenters. The van der Waals surface area contributed by atoms with Crippen LogP contribution in [0.15, 0.2) is 0 Å². The van der Waals surface area contributed by atoms with E-state index in [1.54, 1.807) is 0 Å². The summed E-state index contributed by atoms with van der Waals surface area (Å²) < 4.78 is 4.98. The van der Waals surface area contributed by atoms with E-state index >= 15 is 0 Å². The third-order valence-electron chi connectivity index (χ3n) is 2.81. The number of hydrogen-bond acceptors (Lipinski definition) is 6. The van der Waals surface area contributed by atoms with Crippen LogP contribution < -0.4 is 0 Å². The number of allylic oxidation sites excluding steroid dienone is 1. The Morgan fingerprint density at radius 1 is 1.15 bits per heavy atom. The molecule has 7 heteroatoms. The number of nitrogens with zero attached hydrogens (tertiary/aromatic N) is 3. The van der Waals surface area contributed by atoms with Gasteiger partial charge in [0.15, 0.2) is 0 Å². The van der Waals surface area contributed by atoms with Gasteiger partial charge in [-0.3, -0.25) is 0 Å². The normalized spacial score (nSPS) is 11.9. The number of aryl methyl sites for hydroxylation is 4. The minimum atomic E-state index is 0.337. The maximum absolute atomic E-state index is 9.45. The summed E-state index contributed by atoms with van der Waals surface area (Å²) in [5.74, 6) is 0.337. The fourth-order valence-electron chi connectivity index (χ4n) is 1.74. The molecule has 0 fully saturated rings. The fraction of sp³-hybridized carbons (Fsp3) is 0.308. The SMILES string of the molecule is [B]OC(=C(C#N)c1nc(C)c(C)s1)c1sc(C)nc1C. The Morgan fingerprint density at radius 2 is 1.85 bits per heavy atom. The summed E-state index contributed by atoms with van der Waals surface area (Å²) in [6, 6.07) is 2.15. The molecule has 2 rings (SSSR count). The van der Waals surface area contributed by atoms with Crippen molar-refractivity contribution in [1.82, 2.24) is 9.97 Å². The minimum Gasteiger partial charge on any atom is -0.566 e. The van der Waals surface area contributed by atoms with Crippen LogP contribution in [0.2, 0.25) is 0 Å². The first-order valence-electron chi connectivity index (χ1n) is 5.87. The molecule has 0 aliphatic carbocycles. The van der Waals surface area contributed by atoms with Crippen LogP contribution in [0.4, 0.5) is 0 Å². The molecule has 0 spiro atoms. The first kappa shape index (κ1) is 14.8. The molecule has 2 radical (unpaired) electrons. The average molecular weight is 301 g/mol. The molecule has 4 nitrogen and oxygen atoms in total. The van der Waals surface area contributed by atoms with Crippen molar-refractivity contribution < 1.29 is 4.65 Å². The lowest BCUT2D eigenvalue weighted by Gasteiger charge is -2.07. The molecule has 20 heavy (non-hydrogen) atoms. The van der Waals surface area contributed by atoms with Gasteiger partial charge in [-0.1, -0.05) is 0 Å². The molecule has 0 aliphatic rings. The first-order valence-corrected chi connectivity index (χ1v) is 7.51. The molecular weight excluding hydrogens is 289 g/mol. The molecule has 0 aromatic carbocycles. The fourth-order valence-corrected chi connectivity index (χ4v) is 3.56. The van der Waals surface area contributed by atoms with E-state index in [2.05, 4.69) is 16.0 Å². The summed E-state index contributed by atoms with van der Waals surface area (Å²) in [5, 5.41) is 11.0. The predicted octanol–water partition coefficient (Wildman–Crippen LogP) is 3.33. The van der Waals surface area contributed by atoms with Crippen LogP contribution in [0, 0.1) is 39.0 Å². The predicted molar refractivity (Wildman–Crippen MR) is 82.4 cm³/mol. The maximum Gasteiger partial charge on any atom is 0.374 e. The first-order chi connectivity index (χ1) is 9.47. The van der Waals surface area contributed by atoms with Gasteiger partial charge in [0.1, 0.15) is 22.4 Å². The topological polar surface area (TPSA) is 58.8 Å². The van der Waals surface area contributed by atoms with Crippen molar-refractivity contribution in [3.63, 3.8) is 0 Å². The van der Waals surface area contributed by atoms with Crippen molar-refractivity contribution in [3.8, 4) is 6.07 Å². The van der Waals surface area contributed by atoms with Gasteiger partial charge in [0.05, 0.1) is 21.3 Å². The Labute approximate surface area is 127 Å². The van der Waals surface area contributed by atoms with Crippen molar-refractivity contribution in [3.05, 3.63) is 31.2 Å². The van der Waals surface area contributed by atoms with Crippen molar-refractivity contribution in [2.75, 3.05) is 0 Å². The van der Waals surface area contributed by atoms with Crippen LogP contribution in [-0.4, -0.2) is 18.0 Å². The average Bonchev–Trinajstić information content (AvgIpc) is 2.89.